The molecule has 0 aliphatic heterocycles. The maximum absolute atomic E-state index is 4.38. The monoisotopic (exact) mass is 230 g/mol. The molecule has 0 bridgehead atoms. The van der Waals surface area contributed by atoms with Crippen LogP contribution in [0.2, 0.25) is 0 Å². The van der Waals surface area contributed by atoms with Gasteiger partial charge >= 0.3 is 0 Å². The van der Waals surface area contributed by atoms with Crippen molar-refractivity contribution in [3.05, 3.63) is 48.3 Å². The molecule has 0 fully saturated rings. The maximum Gasteiger partial charge on any atom is 0.125 e. The van der Waals surface area contributed by atoms with Crippen LogP contribution in [0, 0.1) is 0 Å². The molecule has 0 aliphatic carbocycles. The molecule has 2 rings (SSSR count). The Hall–Kier alpha value is -1.68. The van der Waals surface area contributed by atoms with Gasteiger partial charge in [0.15, 0.2) is 0 Å². The summed E-state index contributed by atoms with van der Waals surface area (Å²) in [7, 11) is 4.00. The second-order valence-electron chi connectivity index (χ2n) is 4.14. The second kappa shape index (κ2) is 5.59. The largest absolute Gasteiger partial charge is 0.337 e. The fraction of sp³-hybridized carbons (Fsp3) is 0.385. The Balaban J connectivity index is 2.00. The van der Waals surface area contributed by atoms with Crippen molar-refractivity contribution in [1.29, 1.82) is 0 Å². The summed E-state index contributed by atoms with van der Waals surface area (Å²) in [5, 5.41) is 3.31. The number of aryl methyl sites for hydroxylation is 2. The maximum atomic E-state index is 4.38. The highest BCUT2D eigenvalue weighted by molar-refractivity contribution is 5.09. The zero-order chi connectivity index (χ0) is 12.1. The lowest BCUT2D eigenvalue weighted by Gasteiger charge is -2.15. The van der Waals surface area contributed by atoms with Gasteiger partial charge in [-0.3, -0.25) is 4.98 Å². The van der Waals surface area contributed by atoms with Crippen molar-refractivity contribution in [1.82, 2.24) is 19.9 Å². The van der Waals surface area contributed by atoms with Crippen LogP contribution in [0.5, 0.6) is 0 Å². The first-order valence-electron chi connectivity index (χ1n) is 5.84. The highest BCUT2D eigenvalue weighted by Gasteiger charge is 2.13. The fourth-order valence-electron chi connectivity index (χ4n) is 1.97. The zero-order valence-corrected chi connectivity index (χ0v) is 10.3. The lowest BCUT2D eigenvalue weighted by molar-refractivity contribution is 0.505. The number of hydrogen-bond donors (Lipinski definition) is 1. The van der Waals surface area contributed by atoms with Crippen LogP contribution >= 0.6 is 0 Å². The molecule has 2 aromatic rings. The van der Waals surface area contributed by atoms with E-state index >= 15 is 0 Å². The van der Waals surface area contributed by atoms with Gasteiger partial charge in [0, 0.05) is 31.8 Å². The minimum absolute atomic E-state index is 0.287. The molecule has 4 nitrogen and oxygen atoms in total. The van der Waals surface area contributed by atoms with Crippen LogP contribution in [0.15, 0.2) is 36.9 Å². The molecule has 0 amide bonds. The molecule has 1 N–H and O–H groups in total. The van der Waals surface area contributed by atoms with Gasteiger partial charge in [-0.25, -0.2) is 4.98 Å². The molecule has 0 aliphatic rings. The van der Waals surface area contributed by atoms with Gasteiger partial charge in [0.1, 0.15) is 5.82 Å². The summed E-state index contributed by atoms with van der Waals surface area (Å²) >= 11 is 0. The molecule has 90 valence electrons. The molecule has 2 heterocycles. The van der Waals surface area contributed by atoms with Crippen LogP contribution in [0.3, 0.4) is 0 Å². The van der Waals surface area contributed by atoms with Crippen LogP contribution < -0.4 is 5.32 Å². The Morgan fingerprint density at radius 1 is 1.41 bits per heavy atom. The predicted molar refractivity (Wildman–Crippen MR) is 67.6 cm³/mol. The quantitative estimate of drug-likeness (QED) is 0.850. The Labute approximate surface area is 102 Å². The van der Waals surface area contributed by atoms with Gasteiger partial charge in [0.2, 0.25) is 0 Å². The van der Waals surface area contributed by atoms with Gasteiger partial charge < -0.3 is 9.88 Å². The van der Waals surface area contributed by atoms with E-state index in [2.05, 4.69) is 25.9 Å². The van der Waals surface area contributed by atoms with E-state index in [0.29, 0.717) is 0 Å². The normalized spacial score (nSPS) is 12.6. The fourth-order valence-corrected chi connectivity index (χ4v) is 1.97. The van der Waals surface area contributed by atoms with E-state index in [1.54, 1.807) is 6.20 Å². The van der Waals surface area contributed by atoms with Crippen LogP contribution in [-0.4, -0.2) is 21.6 Å². The summed E-state index contributed by atoms with van der Waals surface area (Å²) in [5.74, 6) is 1.08. The third-order valence-corrected chi connectivity index (χ3v) is 2.96. The van der Waals surface area contributed by atoms with Crippen molar-refractivity contribution >= 4 is 0 Å². The SMILES string of the molecule is CNC(CCc1cccnc1)c1nccn1C. The van der Waals surface area contributed by atoms with Crippen molar-refractivity contribution in [2.45, 2.75) is 18.9 Å². The first-order valence-corrected chi connectivity index (χ1v) is 5.84. The summed E-state index contributed by atoms with van der Waals surface area (Å²) in [6.45, 7) is 0. The standard InChI is InChI=1S/C13H18N4/c1-14-12(13-16-8-9-17(13)2)6-5-11-4-3-7-15-10-11/h3-4,7-10,12,14H,5-6H2,1-2H3. The van der Waals surface area contributed by atoms with Gasteiger partial charge in [-0.2, -0.15) is 0 Å². The van der Waals surface area contributed by atoms with Gasteiger partial charge in [-0.15, -0.1) is 0 Å². The molecular weight excluding hydrogens is 212 g/mol. The van der Waals surface area contributed by atoms with E-state index in [1.165, 1.54) is 5.56 Å². The average molecular weight is 230 g/mol. The van der Waals surface area contributed by atoms with E-state index in [0.717, 1.165) is 18.7 Å². The molecule has 0 radical (unpaired) electrons. The molecule has 17 heavy (non-hydrogen) atoms. The lowest BCUT2D eigenvalue weighted by Crippen LogP contribution is -2.20. The molecule has 0 aromatic carbocycles. The highest BCUT2D eigenvalue weighted by atomic mass is 15.1. The third-order valence-electron chi connectivity index (χ3n) is 2.96. The van der Waals surface area contributed by atoms with Gasteiger partial charge in [0.25, 0.3) is 0 Å². The molecule has 4 heteroatoms. The van der Waals surface area contributed by atoms with Gasteiger partial charge in [0.05, 0.1) is 6.04 Å². The number of hydrogen-bond acceptors (Lipinski definition) is 3. The first kappa shape index (κ1) is 11.8. The minimum Gasteiger partial charge on any atom is -0.337 e. The van der Waals surface area contributed by atoms with Crippen molar-refractivity contribution < 1.29 is 0 Å². The van der Waals surface area contributed by atoms with Crippen molar-refractivity contribution in [3.8, 4) is 0 Å². The van der Waals surface area contributed by atoms with E-state index in [4.69, 9.17) is 0 Å². The minimum atomic E-state index is 0.287. The Morgan fingerprint density at radius 3 is 2.88 bits per heavy atom. The molecule has 2 aromatic heterocycles. The summed E-state index contributed by atoms with van der Waals surface area (Å²) in [5.41, 5.74) is 1.27. The number of aromatic nitrogens is 3. The third kappa shape index (κ3) is 2.91. The first-order chi connectivity index (χ1) is 8.31. The van der Waals surface area contributed by atoms with E-state index in [-0.39, 0.29) is 6.04 Å². The highest BCUT2D eigenvalue weighted by Crippen LogP contribution is 2.16. The Bertz CT molecular complexity index is 449. The van der Waals surface area contributed by atoms with Gasteiger partial charge in [-0.05, 0) is 31.5 Å². The molecule has 0 spiro atoms. The summed E-state index contributed by atoms with van der Waals surface area (Å²) in [4.78, 5) is 8.51. The molecular formula is C13H18N4. The van der Waals surface area contributed by atoms with Crippen LogP contribution in [-0.2, 0) is 13.5 Å². The van der Waals surface area contributed by atoms with E-state index in [9.17, 15) is 0 Å². The lowest BCUT2D eigenvalue weighted by atomic mass is 10.1. The number of imidazole rings is 1. The summed E-state index contributed by atoms with van der Waals surface area (Å²) < 4.78 is 2.06. The second-order valence-corrected chi connectivity index (χ2v) is 4.14. The molecule has 1 unspecified atom stereocenters. The average Bonchev–Trinajstić information content (AvgIpc) is 2.78. The number of nitrogens with zero attached hydrogens (tertiary/aromatic N) is 3. The van der Waals surface area contributed by atoms with Crippen molar-refractivity contribution in [2.24, 2.45) is 7.05 Å². The number of rotatable bonds is 5. The van der Waals surface area contributed by atoms with Crippen LogP contribution in [0.4, 0.5) is 0 Å². The van der Waals surface area contributed by atoms with Gasteiger partial charge in [-0.1, -0.05) is 6.07 Å². The predicted octanol–water partition coefficient (Wildman–Crippen LogP) is 1.71. The zero-order valence-electron chi connectivity index (χ0n) is 10.3. The Kier molecular flexibility index (Phi) is 3.88. The number of pyridine rings is 1. The summed E-state index contributed by atoms with van der Waals surface area (Å²) in [6.07, 6.45) is 9.57. The molecule has 1 atom stereocenters. The van der Waals surface area contributed by atoms with Crippen LogP contribution in [0.25, 0.3) is 0 Å². The Morgan fingerprint density at radius 2 is 2.29 bits per heavy atom. The smallest absolute Gasteiger partial charge is 0.125 e. The summed E-state index contributed by atoms with van der Waals surface area (Å²) in [6, 6.07) is 4.37. The van der Waals surface area contributed by atoms with Crippen molar-refractivity contribution in [2.75, 3.05) is 7.05 Å². The van der Waals surface area contributed by atoms with E-state index < -0.39 is 0 Å². The molecule has 0 saturated heterocycles. The topological polar surface area (TPSA) is 42.7 Å². The van der Waals surface area contributed by atoms with Crippen molar-refractivity contribution in [3.63, 3.8) is 0 Å². The van der Waals surface area contributed by atoms with Crippen LogP contribution in [0.1, 0.15) is 23.9 Å². The van der Waals surface area contributed by atoms with E-state index in [1.807, 2.05) is 38.8 Å². The number of nitrogens with one attached hydrogen (secondary N) is 1. The molecule has 0 saturated carbocycles.